The Labute approximate surface area is 104 Å². The second-order valence-corrected chi connectivity index (χ2v) is 3.97. The van der Waals surface area contributed by atoms with Gasteiger partial charge in [-0.25, -0.2) is 0 Å². The van der Waals surface area contributed by atoms with E-state index >= 15 is 0 Å². The Kier molecular flexibility index (Phi) is 6.78. The highest BCUT2D eigenvalue weighted by atomic mass is 35.5. The first-order valence-electron chi connectivity index (χ1n) is 5.04. The highest BCUT2D eigenvalue weighted by Crippen LogP contribution is 2.26. The Bertz CT molecular complexity index is 298. The molecule has 0 unspecified atom stereocenters. The Morgan fingerprint density at radius 3 is 2.27 bits per heavy atom. The van der Waals surface area contributed by atoms with Crippen molar-refractivity contribution in [3.63, 3.8) is 0 Å². The van der Waals surface area contributed by atoms with Crippen molar-refractivity contribution in [2.75, 3.05) is 19.0 Å². The predicted octanol–water partition coefficient (Wildman–Crippen LogP) is 3.87. The fourth-order valence-corrected chi connectivity index (χ4v) is 2.01. The van der Waals surface area contributed by atoms with E-state index in [1.807, 2.05) is 0 Å². The molecule has 0 aliphatic carbocycles. The molecular formula is C12H19Cl2N. The van der Waals surface area contributed by atoms with Crippen LogP contribution in [0.5, 0.6) is 0 Å². The third-order valence-electron chi connectivity index (χ3n) is 2.31. The molecule has 1 aromatic rings. The molecule has 0 aromatic heterocycles. The monoisotopic (exact) mass is 247 g/mol. The van der Waals surface area contributed by atoms with Gasteiger partial charge in [0.2, 0.25) is 0 Å². The van der Waals surface area contributed by atoms with Crippen molar-refractivity contribution < 1.29 is 0 Å². The van der Waals surface area contributed by atoms with E-state index in [0.717, 1.165) is 6.42 Å². The maximum Gasteiger partial charge on any atom is 0.0494 e. The first kappa shape index (κ1) is 14.6. The van der Waals surface area contributed by atoms with E-state index in [1.165, 1.54) is 23.2 Å². The zero-order valence-corrected chi connectivity index (χ0v) is 11.2. The van der Waals surface area contributed by atoms with E-state index in [9.17, 15) is 0 Å². The van der Waals surface area contributed by atoms with Gasteiger partial charge < -0.3 is 4.90 Å². The van der Waals surface area contributed by atoms with Gasteiger partial charge in [-0.3, -0.25) is 0 Å². The number of para-hydroxylation sites is 1. The number of halogens is 2. The molecule has 0 amide bonds. The fourth-order valence-electron chi connectivity index (χ4n) is 1.80. The van der Waals surface area contributed by atoms with E-state index in [0.29, 0.717) is 5.88 Å². The van der Waals surface area contributed by atoms with E-state index in [4.69, 9.17) is 11.6 Å². The van der Waals surface area contributed by atoms with Crippen molar-refractivity contribution in [3.8, 4) is 0 Å². The summed E-state index contributed by atoms with van der Waals surface area (Å²) in [5.41, 5.74) is 3.92. The van der Waals surface area contributed by atoms with E-state index in [1.54, 1.807) is 0 Å². The number of alkyl halides is 1. The molecule has 0 atom stereocenters. The van der Waals surface area contributed by atoms with Crippen LogP contribution in [0.15, 0.2) is 18.2 Å². The number of nitrogens with zero attached hydrogens (tertiary/aromatic N) is 1. The highest BCUT2D eigenvalue weighted by Gasteiger charge is 2.08. The Morgan fingerprint density at radius 1 is 1.20 bits per heavy atom. The third kappa shape index (κ3) is 3.58. The van der Waals surface area contributed by atoms with Crippen molar-refractivity contribution >= 4 is 29.7 Å². The van der Waals surface area contributed by atoms with Crippen LogP contribution in [-0.4, -0.2) is 14.1 Å². The number of hydrogen-bond donors (Lipinski definition) is 0. The molecule has 0 spiro atoms. The molecule has 0 saturated carbocycles. The summed E-state index contributed by atoms with van der Waals surface area (Å²) >= 11 is 5.92. The summed E-state index contributed by atoms with van der Waals surface area (Å²) in [5.74, 6) is 0.588. The lowest BCUT2D eigenvalue weighted by molar-refractivity contribution is 0.909. The Balaban J connectivity index is 0.00000196. The SMILES string of the molecule is CCCc1cccc(CCl)c1N(C)C.Cl. The third-order valence-corrected chi connectivity index (χ3v) is 2.60. The van der Waals surface area contributed by atoms with Gasteiger partial charge in [0.1, 0.15) is 0 Å². The first-order chi connectivity index (χ1) is 6.70. The predicted molar refractivity (Wildman–Crippen MR) is 71.6 cm³/mol. The topological polar surface area (TPSA) is 3.24 Å². The van der Waals surface area contributed by atoms with Gasteiger partial charge in [0.15, 0.2) is 0 Å². The van der Waals surface area contributed by atoms with Gasteiger partial charge in [-0.05, 0) is 17.5 Å². The van der Waals surface area contributed by atoms with Gasteiger partial charge in [0.05, 0.1) is 0 Å². The van der Waals surface area contributed by atoms with E-state index in [2.05, 4.69) is 44.1 Å². The van der Waals surface area contributed by atoms with Gasteiger partial charge >= 0.3 is 0 Å². The number of rotatable bonds is 4. The van der Waals surface area contributed by atoms with Crippen molar-refractivity contribution in [1.82, 2.24) is 0 Å². The number of hydrogen-bond acceptors (Lipinski definition) is 1. The lowest BCUT2D eigenvalue weighted by Crippen LogP contribution is -2.13. The molecule has 1 nitrogen and oxygen atoms in total. The molecule has 0 aliphatic rings. The van der Waals surface area contributed by atoms with Crippen LogP contribution in [0.2, 0.25) is 0 Å². The zero-order valence-electron chi connectivity index (χ0n) is 9.59. The number of benzene rings is 1. The summed E-state index contributed by atoms with van der Waals surface area (Å²) in [6.07, 6.45) is 2.30. The van der Waals surface area contributed by atoms with Crippen molar-refractivity contribution in [2.45, 2.75) is 25.6 Å². The molecule has 0 N–H and O–H groups in total. The number of anilines is 1. The van der Waals surface area contributed by atoms with Gasteiger partial charge in [0.25, 0.3) is 0 Å². The summed E-state index contributed by atoms with van der Waals surface area (Å²) in [7, 11) is 4.15. The van der Waals surface area contributed by atoms with E-state index in [-0.39, 0.29) is 12.4 Å². The van der Waals surface area contributed by atoms with Crippen LogP contribution in [0.25, 0.3) is 0 Å². The van der Waals surface area contributed by atoms with Crippen molar-refractivity contribution in [3.05, 3.63) is 29.3 Å². The smallest absolute Gasteiger partial charge is 0.0494 e. The highest BCUT2D eigenvalue weighted by molar-refractivity contribution is 6.17. The molecule has 0 bridgehead atoms. The van der Waals surface area contributed by atoms with Gasteiger partial charge in [-0.1, -0.05) is 31.5 Å². The van der Waals surface area contributed by atoms with Crippen LogP contribution in [0.4, 0.5) is 5.69 Å². The van der Waals surface area contributed by atoms with Crippen LogP contribution >= 0.6 is 24.0 Å². The summed E-state index contributed by atoms with van der Waals surface area (Å²) < 4.78 is 0. The first-order valence-corrected chi connectivity index (χ1v) is 5.58. The van der Waals surface area contributed by atoms with Crippen LogP contribution in [-0.2, 0) is 12.3 Å². The lowest BCUT2D eigenvalue weighted by atomic mass is 10.0. The molecule has 86 valence electrons. The van der Waals surface area contributed by atoms with Crippen LogP contribution < -0.4 is 4.90 Å². The Morgan fingerprint density at radius 2 is 1.80 bits per heavy atom. The van der Waals surface area contributed by atoms with Gasteiger partial charge in [0, 0.05) is 25.7 Å². The quantitative estimate of drug-likeness (QED) is 0.731. The molecule has 0 fully saturated rings. The maximum atomic E-state index is 5.92. The number of aryl methyl sites for hydroxylation is 1. The largest absolute Gasteiger partial charge is 0.377 e. The fraction of sp³-hybridized carbons (Fsp3) is 0.500. The molecule has 15 heavy (non-hydrogen) atoms. The summed E-state index contributed by atoms with van der Waals surface area (Å²) in [4.78, 5) is 2.16. The summed E-state index contributed by atoms with van der Waals surface area (Å²) in [6, 6.07) is 6.38. The minimum absolute atomic E-state index is 0. The van der Waals surface area contributed by atoms with Crippen LogP contribution in [0, 0.1) is 0 Å². The summed E-state index contributed by atoms with van der Waals surface area (Å²) in [5, 5.41) is 0. The lowest BCUT2D eigenvalue weighted by Gasteiger charge is -2.20. The van der Waals surface area contributed by atoms with Crippen molar-refractivity contribution in [2.24, 2.45) is 0 Å². The Hall–Kier alpha value is -0.400. The minimum atomic E-state index is 0. The van der Waals surface area contributed by atoms with Crippen LogP contribution in [0.3, 0.4) is 0 Å². The second kappa shape index (κ2) is 6.97. The molecule has 0 aliphatic heterocycles. The average molecular weight is 248 g/mol. The standard InChI is InChI=1S/C12H18ClN.ClH/c1-4-6-10-7-5-8-11(9-13)12(10)14(2)3;/h5,7-8H,4,6,9H2,1-3H3;1H. The molecule has 1 rings (SSSR count). The zero-order chi connectivity index (χ0) is 10.6. The van der Waals surface area contributed by atoms with Gasteiger partial charge in [-0.15, -0.1) is 24.0 Å². The molecule has 0 heterocycles. The molecule has 3 heteroatoms. The second-order valence-electron chi connectivity index (χ2n) is 3.70. The van der Waals surface area contributed by atoms with Gasteiger partial charge in [-0.2, -0.15) is 0 Å². The molecular weight excluding hydrogens is 229 g/mol. The molecule has 0 saturated heterocycles. The molecule has 0 radical (unpaired) electrons. The van der Waals surface area contributed by atoms with Crippen molar-refractivity contribution in [1.29, 1.82) is 0 Å². The minimum Gasteiger partial charge on any atom is -0.377 e. The van der Waals surface area contributed by atoms with E-state index < -0.39 is 0 Å². The summed E-state index contributed by atoms with van der Waals surface area (Å²) in [6.45, 7) is 2.20. The molecule has 1 aromatic carbocycles. The maximum absolute atomic E-state index is 5.92. The average Bonchev–Trinajstić information content (AvgIpc) is 2.17. The van der Waals surface area contributed by atoms with Crippen LogP contribution in [0.1, 0.15) is 24.5 Å². The normalized spacial score (nSPS) is 9.60.